The zero-order chi connectivity index (χ0) is 22.6. The summed E-state index contributed by atoms with van der Waals surface area (Å²) >= 11 is 0. The molecule has 2 N–H and O–H groups in total. The quantitative estimate of drug-likeness (QED) is 0.653. The van der Waals surface area contributed by atoms with Crippen LogP contribution in [0, 0.1) is 6.92 Å². The lowest BCUT2D eigenvalue weighted by atomic mass is 9.90. The van der Waals surface area contributed by atoms with E-state index in [1.807, 2.05) is 79.7 Å². The van der Waals surface area contributed by atoms with E-state index in [1.165, 1.54) is 0 Å². The summed E-state index contributed by atoms with van der Waals surface area (Å²) in [5.74, 6) is -0.573. The highest BCUT2D eigenvalue weighted by atomic mass is 16.5. The fourth-order valence-electron chi connectivity index (χ4n) is 4.15. The molecule has 0 saturated carbocycles. The van der Waals surface area contributed by atoms with Gasteiger partial charge in [-0.3, -0.25) is 9.59 Å². The maximum atomic E-state index is 13.0. The van der Waals surface area contributed by atoms with E-state index in [4.69, 9.17) is 10.5 Å². The fourth-order valence-corrected chi connectivity index (χ4v) is 4.15. The Labute approximate surface area is 188 Å². The first-order valence-electron chi connectivity index (χ1n) is 10.9. The Balaban J connectivity index is 1.52. The van der Waals surface area contributed by atoms with Gasteiger partial charge in [0.2, 0.25) is 5.91 Å². The molecule has 5 heteroatoms. The Bertz CT molecular complexity index is 1100. The van der Waals surface area contributed by atoms with Gasteiger partial charge in [0.15, 0.2) is 5.60 Å². The Morgan fingerprint density at radius 2 is 1.66 bits per heavy atom. The molecule has 1 atom stereocenters. The molecule has 0 bridgehead atoms. The number of hydrogen-bond acceptors (Lipinski definition) is 3. The minimum absolute atomic E-state index is 0.0270. The molecule has 0 radical (unpaired) electrons. The summed E-state index contributed by atoms with van der Waals surface area (Å²) in [7, 11) is 0. The van der Waals surface area contributed by atoms with Crippen molar-refractivity contribution in [2.45, 2.75) is 25.4 Å². The van der Waals surface area contributed by atoms with E-state index in [2.05, 4.69) is 6.07 Å². The van der Waals surface area contributed by atoms with Crippen LogP contribution in [0.4, 0.5) is 0 Å². The van der Waals surface area contributed by atoms with Gasteiger partial charge in [-0.05, 0) is 29.2 Å². The first kappa shape index (κ1) is 21.8. The topological polar surface area (TPSA) is 72.6 Å². The van der Waals surface area contributed by atoms with Crippen LogP contribution >= 0.6 is 0 Å². The van der Waals surface area contributed by atoms with Crippen LogP contribution in [-0.2, 0) is 27.2 Å². The fraction of sp³-hybridized carbons (Fsp3) is 0.259. The molecule has 0 aromatic heterocycles. The van der Waals surface area contributed by atoms with Gasteiger partial charge in [0.25, 0.3) is 5.91 Å². The lowest BCUT2D eigenvalue weighted by Gasteiger charge is -2.41. The molecule has 0 spiro atoms. The third kappa shape index (κ3) is 4.89. The highest BCUT2D eigenvalue weighted by Crippen LogP contribution is 2.27. The number of morpholine rings is 1. The summed E-state index contributed by atoms with van der Waals surface area (Å²) in [5.41, 5.74) is 9.79. The average Bonchev–Trinajstić information content (AvgIpc) is 2.81. The number of carbonyl (C=O) groups excluding carboxylic acids is 2. The summed E-state index contributed by atoms with van der Waals surface area (Å²) in [5, 5.41) is 0. The molecule has 1 saturated heterocycles. The molecule has 1 aliphatic heterocycles. The van der Waals surface area contributed by atoms with Crippen molar-refractivity contribution in [3.05, 3.63) is 95.6 Å². The molecule has 2 amide bonds. The van der Waals surface area contributed by atoms with Crippen LogP contribution < -0.4 is 5.73 Å². The second kappa shape index (κ2) is 9.37. The third-order valence-electron chi connectivity index (χ3n) is 5.99. The van der Waals surface area contributed by atoms with Crippen molar-refractivity contribution in [2.75, 3.05) is 19.7 Å². The van der Waals surface area contributed by atoms with Crippen molar-refractivity contribution < 1.29 is 14.3 Å². The Morgan fingerprint density at radius 3 is 2.38 bits per heavy atom. The molecular weight excluding hydrogens is 400 g/mol. The maximum Gasteiger partial charge on any atom is 0.251 e. The number of ether oxygens (including phenoxy) is 1. The number of nitrogens with two attached hydrogens (primary N) is 1. The molecule has 0 unspecified atom stereocenters. The molecule has 1 heterocycles. The van der Waals surface area contributed by atoms with Crippen molar-refractivity contribution in [3.63, 3.8) is 0 Å². The monoisotopic (exact) mass is 428 g/mol. The number of rotatable bonds is 6. The number of primary amides is 1. The van der Waals surface area contributed by atoms with Gasteiger partial charge in [-0.15, -0.1) is 0 Å². The zero-order valence-corrected chi connectivity index (χ0v) is 18.3. The molecule has 3 aromatic carbocycles. The molecule has 3 aromatic rings. The SMILES string of the molecule is Cc1ccc(CC(=O)N2CCO[C@@](Cc3cccc(-c4ccccc4)c3)(C(N)=O)C2)cc1. The van der Waals surface area contributed by atoms with Gasteiger partial charge in [0.05, 0.1) is 19.6 Å². The van der Waals surface area contributed by atoms with Crippen LogP contribution in [0.3, 0.4) is 0 Å². The van der Waals surface area contributed by atoms with Crippen molar-refractivity contribution in [1.82, 2.24) is 4.90 Å². The number of carbonyl (C=O) groups is 2. The highest BCUT2D eigenvalue weighted by Gasteiger charge is 2.43. The summed E-state index contributed by atoms with van der Waals surface area (Å²) < 4.78 is 5.95. The summed E-state index contributed by atoms with van der Waals surface area (Å²) in [6, 6.07) is 26.0. The first-order chi connectivity index (χ1) is 15.4. The molecule has 0 aliphatic carbocycles. The van der Waals surface area contributed by atoms with E-state index in [9.17, 15) is 9.59 Å². The predicted molar refractivity (Wildman–Crippen MR) is 125 cm³/mol. The van der Waals surface area contributed by atoms with E-state index in [1.54, 1.807) is 4.90 Å². The predicted octanol–water partition coefficient (Wildman–Crippen LogP) is 3.53. The standard InChI is InChI=1S/C27H28N2O3/c1-20-10-12-21(13-11-20)17-25(30)29-14-15-32-27(19-29,26(28)31)18-22-6-5-9-24(16-22)23-7-3-2-4-8-23/h2-13,16H,14-15,17-19H2,1H3,(H2,28,31)/t27-/m1/s1. The lowest BCUT2D eigenvalue weighted by molar-refractivity contribution is -0.163. The number of nitrogens with zero attached hydrogens (tertiary/aromatic N) is 1. The van der Waals surface area contributed by atoms with E-state index in [-0.39, 0.29) is 19.1 Å². The van der Waals surface area contributed by atoms with Gasteiger partial charge >= 0.3 is 0 Å². The van der Waals surface area contributed by atoms with E-state index in [0.29, 0.717) is 19.4 Å². The van der Waals surface area contributed by atoms with Crippen molar-refractivity contribution in [1.29, 1.82) is 0 Å². The van der Waals surface area contributed by atoms with Crippen LogP contribution in [0.2, 0.25) is 0 Å². The minimum Gasteiger partial charge on any atom is -0.367 e. The number of aryl methyl sites for hydroxylation is 1. The normalized spacial score (nSPS) is 18.3. The minimum atomic E-state index is -1.24. The van der Waals surface area contributed by atoms with Crippen LogP contribution in [0.15, 0.2) is 78.9 Å². The number of amides is 2. The highest BCUT2D eigenvalue weighted by molar-refractivity contribution is 5.86. The summed E-state index contributed by atoms with van der Waals surface area (Å²) in [6.45, 7) is 2.90. The second-order valence-corrected chi connectivity index (χ2v) is 8.43. The van der Waals surface area contributed by atoms with Gasteiger partial charge in [0.1, 0.15) is 0 Å². The molecule has 5 nitrogen and oxygen atoms in total. The van der Waals surface area contributed by atoms with Crippen molar-refractivity contribution in [3.8, 4) is 11.1 Å². The second-order valence-electron chi connectivity index (χ2n) is 8.43. The van der Waals surface area contributed by atoms with E-state index in [0.717, 1.165) is 27.8 Å². The smallest absolute Gasteiger partial charge is 0.251 e. The average molecular weight is 429 g/mol. The lowest BCUT2D eigenvalue weighted by Crippen LogP contribution is -2.61. The maximum absolute atomic E-state index is 13.0. The summed E-state index contributed by atoms with van der Waals surface area (Å²) in [6.07, 6.45) is 0.607. The van der Waals surface area contributed by atoms with Gasteiger partial charge in [0, 0.05) is 13.0 Å². The van der Waals surface area contributed by atoms with Gasteiger partial charge < -0.3 is 15.4 Å². The van der Waals surface area contributed by atoms with Gasteiger partial charge in [-0.2, -0.15) is 0 Å². The Hall–Kier alpha value is -3.44. The Kier molecular flexibility index (Phi) is 6.37. The molecule has 4 rings (SSSR count). The van der Waals surface area contributed by atoms with Crippen molar-refractivity contribution >= 4 is 11.8 Å². The zero-order valence-electron chi connectivity index (χ0n) is 18.3. The number of hydrogen-bond donors (Lipinski definition) is 1. The Morgan fingerprint density at radius 1 is 0.938 bits per heavy atom. The number of benzene rings is 3. The van der Waals surface area contributed by atoms with Gasteiger partial charge in [-0.25, -0.2) is 0 Å². The van der Waals surface area contributed by atoms with E-state index < -0.39 is 11.5 Å². The molecule has 1 aliphatic rings. The van der Waals surface area contributed by atoms with Crippen molar-refractivity contribution in [2.24, 2.45) is 5.73 Å². The molecule has 164 valence electrons. The largest absolute Gasteiger partial charge is 0.367 e. The van der Waals surface area contributed by atoms with Crippen LogP contribution in [0.25, 0.3) is 11.1 Å². The molecule has 32 heavy (non-hydrogen) atoms. The first-order valence-corrected chi connectivity index (χ1v) is 10.9. The van der Waals surface area contributed by atoms with Crippen LogP contribution in [-0.4, -0.2) is 42.0 Å². The van der Waals surface area contributed by atoms with Crippen LogP contribution in [0.1, 0.15) is 16.7 Å². The third-order valence-corrected chi connectivity index (χ3v) is 5.99. The van der Waals surface area contributed by atoms with Crippen LogP contribution in [0.5, 0.6) is 0 Å². The van der Waals surface area contributed by atoms with E-state index >= 15 is 0 Å². The summed E-state index contributed by atoms with van der Waals surface area (Å²) in [4.78, 5) is 27.2. The van der Waals surface area contributed by atoms with Gasteiger partial charge in [-0.1, -0.05) is 84.4 Å². The molecular formula is C27H28N2O3. The molecule has 1 fully saturated rings.